The van der Waals surface area contributed by atoms with Crippen molar-refractivity contribution in [2.24, 2.45) is 0 Å². The molecule has 0 unspecified atom stereocenters. The molecule has 3 rings (SSSR count). The van der Waals surface area contributed by atoms with Crippen molar-refractivity contribution < 1.29 is 4.74 Å². The van der Waals surface area contributed by atoms with E-state index in [1.54, 1.807) is 0 Å². The van der Waals surface area contributed by atoms with Crippen molar-refractivity contribution in [3.63, 3.8) is 0 Å². The van der Waals surface area contributed by atoms with Gasteiger partial charge in [-0.1, -0.05) is 62.4 Å². The van der Waals surface area contributed by atoms with Gasteiger partial charge < -0.3 is 9.72 Å². The van der Waals surface area contributed by atoms with E-state index in [9.17, 15) is 4.79 Å². The second-order valence-electron chi connectivity index (χ2n) is 6.33. The van der Waals surface area contributed by atoms with Crippen molar-refractivity contribution in [3.05, 3.63) is 81.8 Å². The number of aromatic nitrogens is 1. The van der Waals surface area contributed by atoms with E-state index in [0.29, 0.717) is 13.2 Å². The Labute approximate surface area is 142 Å². The third-order valence-electron chi connectivity index (χ3n) is 4.26. The zero-order valence-electron chi connectivity index (χ0n) is 14.2. The van der Waals surface area contributed by atoms with Crippen LogP contribution in [0.4, 0.5) is 0 Å². The number of benzene rings is 2. The van der Waals surface area contributed by atoms with E-state index < -0.39 is 0 Å². The second-order valence-corrected chi connectivity index (χ2v) is 6.33. The largest absolute Gasteiger partial charge is 0.376 e. The Hall–Kier alpha value is -2.39. The zero-order valence-corrected chi connectivity index (χ0v) is 14.2. The topological polar surface area (TPSA) is 42.1 Å². The summed E-state index contributed by atoms with van der Waals surface area (Å²) in [7, 11) is 0. The van der Waals surface area contributed by atoms with Crippen molar-refractivity contribution in [2.45, 2.75) is 32.8 Å². The van der Waals surface area contributed by atoms with Gasteiger partial charge in [0.05, 0.1) is 13.2 Å². The first-order valence-electron chi connectivity index (χ1n) is 8.42. The summed E-state index contributed by atoms with van der Waals surface area (Å²) >= 11 is 0. The molecule has 0 spiro atoms. The summed E-state index contributed by atoms with van der Waals surface area (Å²) in [5.74, 6) is 0.270. The molecule has 0 aliphatic rings. The molecule has 0 bridgehead atoms. The third-order valence-corrected chi connectivity index (χ3v) is 4.26. The van der Waals surface area contributed by atoms with Crippen LogP contribution in [0.3, 0.4) is 0 Å². The fraction of sp³-hybridized carbons (Fsp3) is 0.286. The van der Waals surface area contributed by atoms with Crippen LogP contribution in [0.15, 0.2) is 59.4 Å². The van der Waals surface area contributed by atoms with E-state index in [-0.39, 0.29) is 11.5 Å². The van der Waals surface area contributed by atoms with Gasteiger partial charge in [-0.05, 0) is 34.9 Å². The Bertz CT molecular complexity index is 866. The average Bonchev–Trinajstić information content (AvgIpc) is 2.61. The van der Waals surface area contributed by atoms with E-state index in [0.717, 1.165) is 22.9 Å². The number of hydrogen-bond donors (Lipinski definition) is 1. The Kier molecular flexibility index (Phi) is 5.11. The third kappa shape index (κ3) is 3.57. The number of rotatable bonds is 6. The predicted octanol–water partition coefficient (Wildman–Crippen LogP) is 4.41. The lowest BCUT2D eigenvalue weighted by atomic mass is 9.96. The normalized spacial score (nSPS) is 11.3. The van der Waals surface area contributed by atoms with Crippen molar-refractivity contribution >= 4 is 10.8 Å². The molecular formula is C21H23NO2. The number of nitrogens with one attached hydrogen (secondary N) is 1. The van der Waals surface area contributed by atoms with Crippen LogP contribution in [-0.4, -0.2) is 11.6 Å². The van der Waals surface area contributed by atoms with Crippen molar-refractivity contribution in [1.29, 1.82) is 0 Å². The molecule has 0 saturated carbocycles. The molecule has 0 aliphatic heterocycles. The van der Waals surface area contributed by atoms with Gasteiger partial charge >= 0.3 is 0 Å². The van der Waals surface area contributed by atoms with Gasteiger partial charge in [0.2, 0.25) is 0 Å². The van der Waals surface area contributed by atoms with Gasteiger partial charge in [0.25, 0.3) is 5.56 Å². The Morgan fingerprint density at radius 1 is 0.958 bits per heavy atom. The Morgan fingerprint density at radius 2 is 1.62 bits per heavy atom. The lowest BCUT2D eigenvalue weighted by Gasteiger charge is -2.15. The number of hydrogen-bond acceptors (Lipinski definition) is 2. The van der Waals surface area contributed by atoms with Crippen LogP contribution in [0.5, 0.6) is 0 Å². The molecule has 24 heavy (non-hydrogen) atoms. The van der Waals surface area contributed by atoms with Gasteiger partial charge in [-0.25, -0.2) is 0 Å². The fourth-order valence-corrected chi connectivity index (χ4v) is 3.06. The van der Waals surface area contributed by atoms with Gasteiger partial charge in [-0.3, -0.25) is 4.79 Å². The summed E-state index contributed by atoms with van der Waals surface area (Å²) in [4.78, 5) is 15.4. The molecule has 0 aliphatic carbocycles. The van der Waals surface area contributed by atoms with Crippen LogP contribution in [0.2, 0.25) is 0 Å². The molecule has 3 nitrogen and oxygen atoms in total. The van der Waals surface area contributed by atoms with Gasteiger partial charge in [-0.15, -0.1) is 0 Å². The summed E-state index contributed by atoms with van der Waals surface area (Å²) in [6, 6.07) is 18.0. The SMILES string of the molecule is CC(C)c1[nH]c(=O)c2ccccc2c1CCOCc1ccccc1. The van der Waals surface area contributed by atoms with E-state index >= 15 is 0 Å². The van der Waals surface area contributed by atoms with Gasteiger partial charge in [-0.2, -0.15) is 0 Å². The first kappa shape index (κ1) is 16.5. The number of H-pyrrole nitrogens is 1. The highest BCUT2D eigenvalue weighted by Gasteiger charge is 2.13. The van der Waals surface area contributed by atoms with Gasteiger partial charge in [0.1, 0.15) is 0 Å². The molecular weight excluding hydrogens is 298 g/mol. The molecule has 0 saturated heterocycles. The monoisotopic (exact) mass is 321 g/mol. The molecule has 1 aromatic heterocycles. The summed E-state index contributed by atoms with van der Waals surface area (Å²) in [6.07, 6.45) is 0.789. The highest BCUT2D eigenvalue weighted by Crippen LogP contribution is 2.24. The minimum absolute atomic E-state index is 0.0109. The standard InChI is InChI=1S/C21H23NO2/c1-15(2)20-18(12-13-24-14-16-8-4-3-5-9-16)17-10-6-7-11-19(17)21(23)22-20/h3-11,15H,12-14H2,1-2H3,(H,22,23). The maximum atomic E-state index is 12.3. The highest BCUT2D eigenvalue weighted by molar-refractivity contribution is 5.85. The first-order valence-corrected chi connectivity index (χ1v) is 8.42. The van der Waals surface area contributed by atoms with Crippen molar-refractivity contribution in [3.8, 4) is 0 Å². The van der Waals surface area contributed by atoms with E-state index in [4.69, 9.17) is 4.74 Å². The number of pyridine rings is 1. The van der Waals surface area contributed by atoms with Crippen LogP contribution in [0.1, 0.15) is 36.6 Å². The van der Waals surface area contributed by atoms with Crippen LogP contribution in [0.25, 0.3) is 10.8 Å². The molecule has 3 heteroatoms. The molecule has 0 radical (unpaired) electrons. The highest BCUT2D eigenvalue weighted by atomic mass is 16.5. The van der Waals surface area contributed by atoms with Crippen LogP contribution < -0.4 is 5.56 Å². The molecule has 124 valence electrons. The molecule has 1 N–H and O–H groups in total. The molecule has 0 amide bonds. The quantitative estimate of drug-likeness (QED) is 0.683. The molecule has 1 heterocycles. The Balaban J connectivity index is 1.81. The summed E-state index contributed by atoms with van der Waals surface area (Å²) in [5, 5.41) is 1.79. The van der Waals surface area contributed by atoms with Gasteiger partial charge in [0, 0.05) is 11.1 Å². The molecule has 2 aromatic carbocycles. The van der Waals surface area contributed by atoms with Crippen LogP contribution >= 0.6 is 0 Å². The van der Waals surface area contributed by atoms with E-state index in [2.05, 4.69) is 31.0 Å². The zero-order chi connectivity index (χ0) is 16.9. The molecule has 3 aromatic rings. The van der Waals surface area contributed by atoms with Gasteiger partial charge in [0.15, 0.2) is 0 Å². The fourth-order valence-electron chi connectivity index (χ4n) is 3.06. The minimum Gasteiger partial charge on any atom is -0.376 e. The second kappa shape index (κ2) is 7.45. The van der Waals surface area contributed by atoms with E-state index in [1.807, 2.05) is 42.5 Å². The van der Waals surface area contributed by atoms with Crippen LogP contribution in [-0.2, 0) is 17.8 Å². The first-order chi connectivity index (χ1) is 11.7. The van der Waals surface area contributed by atoms with E-state index in [1.165, 1.54) is 11.1 Å². The molecule has 0 atom stereocenters. The molecule has 0 fully saturated rings. The lowest BCUT2D eigenvalue weighted by Crippen LogP contribution is -2.15. The predicted molar refractivity (Wildman–Crippen MR) is 98.5 cm³/mol. The van der Waals surface area contributed by atoms with Crippen molar-refractivity contribution in [1.82, 2.24) is 4.98 Å². The Morgan fingerprint density at radius 3 is 2.33 bits per heavy atom. The van der Waals surface area contributed by atoms with Crippen LogP contribution in [0, 0.1) is 0 Å². The summed E-state index contributed by atoms with van der Waals surface area (Å²) in [6.45, 7) is 5.45. The number of ether oxygens (including phenoxy) is 1. The summed E-state index contributed by atoms with van der Waals surface area (Å²) < 4.78 is 5.85. The average molecular weight is 321 g/mol. The maximum absolute atomic E-state index is 12.3. The lowest BCUT2D eigenvalue weighted by molar-refractivity contribution is 0.124. The van der Waals surface area contributed by atoms with Crippen molar-refractivity contribution in [2.75, 3.05) is 6.61 Å². The minimum atomic E-state index is -0.0109. The summed E-state index contributed by atoms with van der Waals surface area (Å²) in [5.41, 5.74) is 3.37. The maximum Gasteiger partial charge on any atom is 0.256 e. The number of fused-ring (bicyclic) bond motifs is 1. The number of aromatic amines is 1. The smallest absolute Gasteiger partial charge is 0.256 e.